The molecule has 0 bridgehead atoms. The van der Waals surface area contributed by atoms with Crippen molar-refractivity contribution in [3.63, 3.8) is 0 Å². The molecule has 1 amide bonds. The molecule has 96 valence electrons. The van der Waals surface area contributed by atoms with Crippen LogP contribution >= 0.6 is 11.8 Å². The number of nitro groups is 2. The van der Waals surface area contributed by atoms with E-state index in [1.807, 2.05) is 0 Å². The number of nitrogens with one attached hydrogen (secondary N) is 1. The van der Waals surface area contributed by atoms with Gasteiger partial charge >= 0.3 is 11.3 Å². The van der Waals surface area contributed by atoms with Crippen molar-refractivity contribution in [2.75, 3.05) is 0 Å². The topological polar surface area (TPSA) is 141 Å². The first-order chi connectivity index (χ1) is 8.45. The number of hydrogen-bond donors (Lipinski definition) is 2. The molecule has 10 heteroatoms. The average molecular weight is 272 g/mol. The summed E-state index contributed by atoms with van der Waals surface area (Å²) in [6.45, 7) is 0. The lowest BCUT2D eigenvalue weighted by molar-refractivity contribution is -0.482. The number of thioether (sulfide) groups is 1. The zero-order valence-electron chi connectivity index (χ0n) is 8.81. The first-order valence-corrected chi connectivity index (χ1v) is 5.38. The van der Waals surface area contributed by atoms with Gasteiger partial charge in [-0.05, 0) is 23.9 Å². The number of amides is 1. The second-order valence-corrected chi connectivity index (χ2v) is 4.17. The molecule has 0 aliphatic heterocycles. The third-order valence-corrected chi connectivity index (χ3v) is 3.01. The fraction of sp³-hybridized carbons (Fsp3) is 0.125. The Kier molecular flexibility index (Phi) is 4.57. The number of rotatable bonds is 5. The number of nitrogens with zero attached hydrogens (tertiary/aromatic N) is 2. The molecule has 0 heterocycles. The largest absolute Gasteiger partial charge is 0.340 e. The van der Waals surface area contributed by atoms with Crippen LogP contribution in [-0.2, 0) is 4.79 Å². The summed E-state index contributed by atoms with van der Waals surface area (Å²) in [5.41, 5.74) is 1.55. The zero-order chi connectivity index (χ0) is 13.7. The first kappa shape index (κ1) is 13.9. The Balaban J connectivity index is 2.85. The first-order valence-electron chi connectivity index (χ1n) is 4.50. The Labute approximate surface area is 105 Å². The van der Waals surface area contributed by atoms with Gasteiger partial charge in [-0.25, -0.2) is 5.84 Å². The monoisotopic (exact) mass is 272 g/mol. The summed E-state index contributed by atoms with van der Waals surface area (Å²) < 4.78 is 0. The van der Waals surface area contributed by atoms with E-state index in [0.717, 1.165) is 0 Å². The van der Waals surface area contributed by atoms with E-state index in [1.54, 1.807) is 5.43 Å². The van der Waals surface area contributed by atoms with Crippen molar-refractivity contribution in [3.8, 4) is 0 Å². The smallest absolute Gasteiger partial charge is 0.287 e. The van der Waals surface area contributed by atoms with Crippen molar-refractivity contribution in [2.24, 2.45) is 5.84 Å². The normalized spacial score (nSPS) is 11.6. The maximum absolute atomic E-state index is 11.1. The molecule has 1 aromatic carbocycles. The van der Waals surface area contributed by atoms with Gasteiger partial charge < -0.3 is 0 Å². The van der Waals surface area contributed by atoms with E-state index in [4.69, 9.17) is 5.84 Å². The lowest BCUT2D eigenvalue weighted by Crippen LogP contribution is -2.41. The number of carbonyl (C=O) groups is 1. The fourth-order valence-corrected chi connectivity index (χ4v) is 1.85. The lowest BCUT2D eigenvalue weighted by atomic mass is 10.3. The molecular weight excluding hydrogens is 264 g/mol. The van der Waals surface area contributed by atoms with Crippen LogP contribution < -0.4 is 11.3 Å². The van der Waals surface area contributed by atoms with Crippen molar-refractivity contribution < 1.29 is 14.6 Å². The van der Waals surface area contributed by atoms with Gasteiger partial charge in [0, 0.05) is 22.0 Å². The molecule has 0 spiro atoms. The van der Waals surface area contributed by atoms with E-state index >= 15 is 0 Å². The minimum absolute atomic E-state index is 0.139. The number of hydrogen-bond acceptors (Lipinski definition) is 7. The molecule has 1 rings (SSSR count). The van der Waals surface area contributed by atoms with Crippen LogP contribution in [0.2, 0.25) is 0 Å². The Hall–Kier alpha value is -2.20. The number of nitrogens with two attached hydrogens (primary N) is 1. The van der Waals surface area contributed by atoms with Crippen molar-refractivity contribution in [3.05, 3.63) is 44.5 Å². The van der Waals surface area contributed by atoms with Gasteiger partial charge in [0.05, 0.1) is 4.92 Å². The Morgan fingerprint density at radius 2 is 1.83 bits per heavy atom. The molecule has 0 radical (unpaired) electrons. The molecule has 0 aliphatic rings. The Morgan fingerprint density at radius 3 is 2.22 bits per heavy atom. The van der Waals surface area contributed by atoms with Crippen LogP contribution in [0.15, 0.2) is 29.2 Å². The molecule has 0 saturated heterocycles. The van der Waals surface area contributed by atoms with E-state index in [0.29, 0.717) is 16.7 Å². The molecule has 0 aliphatic carbocycles. The van der Waals surface area contributed by atoms with Gasteiger partial charge in [-0.3, -0.25) is 30.4 Å². The summed E-state index contributed by atoms with van der Waals surface area (Å²) in [7, 11) is 0. The van der Waals surface area contributed by atoms with Gasteiger partial charge in [-0.1, -0.05) is 0 Å². The molecule has 0 fully saturated rings. The van der Waals surface area contributed by atoms with Crippen LogP contribution in [-0.4, -0.2) is 21.1 Å². The third kappa shape index (κ3) is 3.40. The average Bonchev–Trinajstić information content (AvgIpc) is 2.35. The molecule has 9 nitrogen and oxygen atoms in total. The number of non-ortho nitro benzene ring substituents is 1. The van der Waals surface area contributed by atoms with Gasteiger partial charge in [0.1, 0.15) is 0 Å². The number of hydrazine groups is 1. The predicted octanol–water partition coefficient (Wildman–Crippen LogP) is 0.280. The van der Waals surface area contributed by atoms with E-state index < -0.39 is 21.1 Å². The second kappa shape index (κ2) is 5.93. The quantitative estimate of drug-likeness (QED) is 0.196. The standard InChI is InChI=1S/C8H8N4O5S/c9-10-7(13)8(12(16)17)18-6-3-1-5(2-4-6)11(14)15/h1-4,8H,9H2,(H,10,13). The van der Waals surface area contributed by atoms with E-state index in [1.165, 1.54) is 24.3 Å². The van der Waals surface area contributed by atoms with Gasteiger partial charge in [-0.2, -0.15) is 0 Å². The molecule has 18 heavy (non-hydrogen) atoms. The number of benzene rings is 1. The number of nitro benzene ring substituents is 1. The van der Waals surface area contributed by atoms with Crippen LogP contribution in [0, 0.1) is 20.2 Å². The van der Waals surface area contributed by atoms with Gasteiger partial charge in [0.25, 0.3) is 5.69 Å². The Morgan fingerprint density at radius 1 is 1.28 bits per heavy atom. The van der Waals surface area contributed by atoms with Crippen molar-refractivity contribution in [2.45, 2.75) is 10.3 Å². The van der Waals surface area contributed by atoms with Gasteiger partial charge in [0.2, 0.25) is 0 Å². The lowest BCUT2D eigenvalue weighted by Gasteiger charge is -2.06. The molecule has 1 atom stereocenters. The minimum atomic E-state index is -1.60. The van der Waals surface area contributed by atoms with E-state index in [2.05, 4.69) is 0 Å². The van der Waals surface area contributed by atoms with Crippen molar-refractivity contribution in [1.29, 1.82) is 0 Å². The zero-order valence-corrected chi connectivity index (χ0v) is 9.62. The van der Waals surface area contributed by atoms with Gasteiger partial charge in [0.15, 0.2) is 0 Å². The minimum Gasteiger partial charge on any atom is -0.287 e. The summed E-state index contributed by atoms with van der Waals surface area (Å²) in [5, 5.41) is 19.4. The van der Waals surface area contributed by atoms with E-state index in [-0.39, 0.29) is 5.69 Å². The highest BCUT2D eigenvalue weighted by molar-refractivity contribution is 8.00. The van der Waals surface area contributed by atoms with Crippen molar-refractivity contribution >= 4 is 23.4 Å². The highest BCUT2D eigenvalue weighted by Gasteiger charge is 2.30. The summed E-state index contributed by atoms with van der Waals surface area (Å²) in [5.74, 6) is 3.87. The molecular formula is C8H8N4O5S. The molecule has 0 aromatic heterocycles. The summed E-state index contributed by atoms with van der Waals surface area (Å²) >= 11 is 0.636. The van der Waals surface area contributed by atoms with E-state index in [9.17, 15) is 25.0 Å². The molecule has 0 saturated carbocycles. The summed E-state index contributed by atoms with van der Waals surface area (Å²) in [4.78, 5) is 31.1. The van der Waals surface area contributed by atoms with Crippen LogP contribution in [0.5, 0.6) is 0 Å². The van der Waals surface area contributed by atoms with Crippen LogP contribution in [0.1, 0.15) is 0 Å². The highest BCUT2D eigenvalue weighted by Crippen LogP contribution is 2.25. The van der Waals surface area contributed by atoms with Crippen LogP contribution in [0.25, 0.3) is 0 Å². The molecule has 3 N–H and O–H groups in total. The number of carbonyl (C=O) groups excluding carboxylic acids is 1. The summed E-state index contributed by atoms with van der Waals surface area (Å²) in [6, 6.07) is 5.03. The Bertz CT molecular complexity index is 477. The maximum Gasteiger partial charge on any atom is 0.340 e. The van der Waals surface area contributed by atoms with Crippen LogP contribution in [0.3, 0.4) is 0 Å². The highest BCUT2D eigenvalue weighted by atomic mass is 32.2. The van der Waals surface area contributed by atoms with Crippen LogP contribution in [0.4, 0.5) is 5.69 Å². The molecule has 1 unspecified atom stereocenters. The predicted molar refractivity (Wildman–Crippen MR) is 62.1 cm³/mol. The van der Waals surface area contributed by atoms with Gasteiger partial charge in [-0.15, -0.1) is 0 Å². The fourth-order valence-electron chi connectivity index (χ4n) is 1.04. The maximum atomic E-state index is 11.1. The third-order valence-electron chi connectivity index (χ3n) is 1.85. The summed E-state index contributed by atoms with van der Waals surface area (Å²) in [6.07, 6.45) is 0. The second-order valence-electron chi connectivity index (χ2n) is 3.02. The van der Waals surface area contributed by atoms with Crippen molar-refractivity contribution in [1.82, 2.24) is 5.43 Å². The molecule has 1 aromatic rings. The SMILES string of the molecule is NNC(=O)C(Sc1ccc([N+](=O)[O-])cc1)[N+](=O)[O-].